The van der Waals surface area contributed by atoms with Gasteiger partial charge in [-0.15, -0.1) is 0 Å². The molecule has 100 valence electrons. The molecule has 0 heterocycles. The molecule has 0 aromatic carbocycles. The van der Waals surface area contributed by atoms with Gasteiger partial charge in [0.15, 0.2) is 0 Å². The largest absolute Gasteiger partial charge is 0.346 e. The Morgan fingerprint density at radius 1 is 1.24 bits per heavy atom. The first-order chi connectivity index (χ1) is 8.07. The first kappa shape index (κ1) is 14.5. The van der Waals surface area contributed by atoms with E-state index in [1.54, 1.807) is 0 Å². The van der Waals surface area contributed by atoms with Gasteiger partial charge in [0, 0.05) is 25.6 Å². The lowest BCUT2D eigenvalue weighted by molar-refractivity contribution is -0.131. The van der Waals surface area contributed by atoms with Crippen molar-refractivity contribution in [2.45, 2.75) is 70.3 Å². The van der Waals surface area contributed by atoms with Crippen molar-refractivity contribution in [3.63, 3.8) is 0 Å². The summed E-state index contributed by atoms with van der Waals surface area (Å²) in [7, 11) is 1.91. The van der Waals surface area contributed by atoms with Gasteiger partial charge in [0.25, 0.3) is 0 Å². The van der Waals surface area contributed by atoms with E-state index in [-0.39, 0.29) is 11.4 Å². The molecule has 1 saturated carbocycles. The van der Waals surface area contributed by atoms with Crippen LogP contribution >= 0.6 is 0 Å². The lowest BCUT2D eigenvalue weighted by Crippen LogP contribution is -2.46. The number of hydrogen-bond donors (Lipinski definition) is 1. The van der Waals surface area contributed by atoms with Crippen molar-refractivity contribution < 1.29 is 4.79 Å². The van der Waals surface area contributed by atoms with Gasteiger partial charge < -0.3 is 10.6 Å². The third kappa shape index (κ3) is 5.07. The molecule has 0 bridgehead atoms. The van der Waals surface area contributed by atoms with Gasteiger partial charge >= 0.3 is 0 Å². The molecule has 1 amide bonds. The second-order valence-corrected chi connectivity index (χ2v) is 5.62. The molecule has 0 atom stereocenters. The fraction of sp³-hybridized carbons (Fsp3) is 0.929. The Morgan fingerprint density at radius 2 is 1.88 bits per heavy atom. The van der Waals surface area contributed by atoms with Crippen LogP contribution in [0.4, 0.5) is 0 Å². The smallest absolute Gasteiger partial charge is 0.224 e. The average Bonchev–Trinajstić information content (AvgIpc) is 2.29. The van der Waals surface area contributed by atoms with Crippen LogP contribution in [0.5, 0.6) is 0 Å². The van der Waals surface area contributed by atoms with Crippen LogP contribution in [-0.4, -0.2) is 29.9 Å². The number of nitrogens with two attached hydrogens (primary N) is 1. The van der Waals surface area contributed by atoms with Gasteiger partial charge in [-0.2, -0.15) is 0 Å². The van der Waals surface area contributed by atoms with Crippen molar-refractivity contribution in [1.29, 1.82) is 0 Å². The normalized spacial score (nSPS) is 19.0. The molecule has 3 heteroatoms. The minimum absolute atomic E-state index is 0.214. The van der Waals surface area contributed by atoms with Crippen LogP contribution in [0.15, 0.2) is 0 Å². The third-order valence-corrected chi connectivity index (χ3v) is 3.88. The molecule has 0 radical (unpaired) electrons. The summed E-state index contributed by atoms with van der Waals surface area (Å²) >= 11 is 0. The van der Waals surface area contributed by atoms with Crippen molar-refractivity contribution in [1.82, 2.24) is 4.90 Å². The van der Waals surface area contributed by atoms with Gasteiger partial charge in [0.2, 0.25) is 5.91 Å². The monoisotopic (exact) mass is 240 g/mol. The molecule has 1 rings (SSSR count). The highest BCUT2D eigenvalue weighted by molar-refractivity contribution is 5.77. The van der Waals surface area contributed by atoms with E-state index in [0.717, 1.165) is 25.8 Å². The lowest BCUT2D eigenvalue weighted by atomic mass is 9.80. The number of carbonyl (C=O) groups is 1. The van der Waals surface area contributed by atoms with Crippen molar-refractivity contribution in [2.75, 3.05) is 13.6 Å². The van der Waals surface area contributed by atoms with E-state index in [4.69, 9.17) is 5.73 Å². The number of amides is 1. The van der Waals surface area contributed by atoms with Gasteiger partial charge in [0.05, 0.1) is 0 Å². The highest BCUT2D eigenvalue weighted by Gasteiger charge is 2.30. The second-order valence-electron chi connectivity index (χ2n) is 5.62. The second kappa shape index (κ2) is 7.00. The van der Waals surface area contributed by atoms with Crippen LogP contribution < -0.4 is 5.73 Å². The van der Waals surface area contributed by atoms with Crippen LogP contribution in [0.25, 0.3) is 0 Å². The van der Waals surface area contributed by atoms with Crippen molar-refractivity contribution in [2.24, 2.45) is 5.73 Å². The van der Waals surface area contributed by atoms with Crippen molar-refractivity contribution >= 4 is 5.91 Å². The molecule has 0 aromatic heterocycles. The molecule has 0 spiro atoms. The van der Waals surface area contributed by atoms with Crippen LogP contribution in [0, 0.1) is 0 Å². The van der Waals surface area contributed by atoms with Gasteiger partial charge in [-0.05, 0) is 19.3 Å². The standard InChI is InChI=1S/C14H28N2O/c1-3-4-8-11-16(2)13(17)12-14(15)9-6-5-7-10-14/h3-12,15H2,1-2H3. The Morgan fingerprint density at radius 3 is 2.47 bits per heavy atom. The zero-order valence-electron chi connectivity index (χ0n) is 11.5. The van der Waals surface area contributed by atoms with E-state index < -0.39 is 0 Å². The lowest BCUT2D eigenvalue weighted by Gasteiger charge is -2.34. The predicted octanol–water partition coefficient (Wildman–Crippen LogP) is 2.69. The number of rotatable bonds is 6. The predicted molar refractivity (Wildman–Crippen MR) is 71.8 cm³/mol. The maximum absolute atomic E-state index is 12.1. The maximum Gasteiger partial charge on any atom is 0.224 e. The Balaban J connectivity index is 2.31. The minimum Gasteiger partial charge on any atom is -0.346 e. The molecule has 0 aliphatic heterocycles. The Labute approximate surface area is 106 Å². The summed E-state index contributed by atoms with van der Waals surface area (Å²) in [5, 5.41) is 0. The van der Waals surface area contributed by atoms with Crippen molar-refractivity contribution in [3.8, 4) is 0 Å². The number of hydrogen-bond acceptors (Lipinski definition) is 2. The summed E-state index contributed by atoms with van der Waals surface area (Å²) in [5.74, 6) is 0.227. The third-order valence-electron chi connectivity index (χ3n) is 3.88. The molecular formula is C14H28N2O. The quantitative estimate of drug-likeness (QED) is 0.726. The molecule has 2 N–H and O–H groups in total. The zero-order chi connectivity index (χ0) is 12.7. The summed E-state index contributed by atoms with van der Waals surface area (Å²) < 4.78 is 0. The Hall–Kier alpha value is -0.570. The average molecular weight is 240 g/mol. The van der Waals surface area contributed by atoms with Gasteiger partial charge in [-0.1, -0.05) is 39.0 Å². The van der Waals surface area contributed by atoms with Crippen LogP contribution in [0.1, 0.15) is 64.7 Å². The number of unbranched alkanes of at least 4 members (excludes halogenated alkanes) is 2. The minimum atomic E-state index is -0.214. The molecule has 17 heavy (non-hydrogen) atoms. The van der Waals surface area contributed by atoms with E-state index in [1.165, 1.54) is 32.1 Å². The first-order valence-corrected chi connectivity index (χ1v) is 7.10. The van der Waals surface area contributed by atoms with E-state index in [1.807, 2.05) is 11.9 Å². The van der Waals surface area contributed by atoms with Crippen LogP contribution in [-0.2, 0) is 4.79 Å². The summed E-state index contributed by atoms with van der Waals surface area (Å²) in [6, 6.07) is 0. The summed E-state index contributed by atoms with van der Waals surface area (Å²) in [4.78, 5) is 13.9. The van der Waals surface area contributed by atoms with Crippen LogP contribution in [0.2, 0.25) is 0 Å². The van der Waals surface area contributed by atoms with Gasteiger partial charge in [0.1, 0.15) is 0 Å². The Bertz CT molecular complexity index is 234. The van der Waals surface area contributed by atoms with E-state index in [2.05, 4.69) is 6.92 Å². The van der Waals surface area contributed by atoms with Crippen molar-refractivity contribution in [3.05, 3.63) is 0 Å². The van der Waals surface area contributed by atoms with E-state index >= 15 is 0 Å². The topological polar surface area (TPSA) is 46.3 Å². The molecule has 1 aliphatic carbocycles. The molecule has 0 unspecified atom stereocenters. The summed E-state index contributed by atoms with van der Waals surface area (Å²) in [6.45, 7) is 3.06. The molecule has 0 saturated heterocycles. The fourth-order valence-corrected chi connectivity index (χ4v) is 2.59. The Kier molecular flexibility index (Phi) is 5.96. The molecular weight excluding hydrogens is 212 g/mol. The number of nitrogens with zero attached hydrogens (tertiary/aromatic N) is 1. The first-order valence-electron chi connectivity index (χ1n) is 7.10. The summed E-state index contributed by atoms with van der Waals surface area (Å²) in [6.07, 6.45) is 9.72. The summed E-state index contributed by atoms with van der Waals surface area (Å²) in [5.41, 5.74) is 6.09. The van der Waals surface area contributed by atoms with E-state index in [0.29, 0.717) is 6.42 Å². The zero-order valence-corrected chi connectivity index (χ0v) is 11.5. The molecule has 1 aliphatic rings. The van der Waals surface area contributed by atoms with E-state index in [9.17, 15) is 4.79 Å². The fourth-order valence-electron chi connectivity index (χ4n) is 2.59. The molecule has 0 aromatic rings. The van der Waals surface area contributed by atoms with Gasteiger partial charge in [-0.3, -0.25) is 4.79 Å². The number of carbonyl (C=O) groups excluding carboxylic acids is 1. The van der Waals surface area contributed by atoms with Crippen LogP contribution in [0.3, 0.4) is 0 Å². The SMILES string of the molecule is CCCCCN(C)C(=O)CC1(N)CCCCC1. The molecule has 3 nitrogen and oxygen atoms in total. The highest BCUT2D eigenvalue weighted by Crippen LogP contribution is 2.29. The highest BCUT2D eigenvalue weighted by atomic mass is 16.2. The molecule has 1 fully saturated rings. The van der Waals surface area contributed by atoms with Gasteiger partial charge in [-0.25, -0.2) is 0 Å². The maximum atomic E-state index is 12.1.